The molecule has 0 saturated carbocycles. The summed E-state index contributed by atoms with van der Waals surface area (Å²) >= 11 is 0. The lowest BCUT2D eigenvalue weighted by molar-refractivity contribution is 0.102. The molecule has 0 radical (unpaired) electrons. The number of anilines is 1. The van der Waals surface area contributed by atoms with Gasteiger partial charge in [-0.3, -0.25) is 4.79 Å². The van der Waals surface area contributed by atoms with Crippen LogP contribution in [0, 0.1) is 13.8 Å². The molecule has 0 bridgehead atoms. The number of hydrogen-bond acceptors (Lipinski definition) is 2. The summed E-state index contributed by atoms with van der Waals surface area (Å²) < 4.78 is 5.73. The number of ether oxygens (including phenoxy) is 1. The van der Waals surface area contributed by atoms with Crippen LogP contribution in [0.5, 0.6) is 11.5 Å². The van der Waals surface area contributed by atoms with Crippen LogP contribution < -0.4 is 10.1 Å². The predicted molar refractivity (Wildman–Crippen MR) is 96.8 cm³/mol. The molecule has 3 rings (SSSR count). The van der Waals surface area contributed by atoms with E-state index in [-0.39, 0.29) is 5.91 Å². The van der Waals surface area contributed by atoms with E-state index in [0.29, 0.717) is 11.3 Å². The molecule has 0 aliphatic heterocycles. The van der Waals surface area contributed by atoms with Gasteiger partial charge in [0.25, 0.3) is 5.91 Å². The van der Waals surface area contributed by atoms with Gasteiger partial charge in [-0.1, -0.05) is 24.3 Å². The molecule has 3 aromatic carbocycles. The fraction of sp³-hybridized carbons (Fsp3) is 0.0952. The third kappa shape index (κ3) is 4.02. The normalized spacial score (nSPS) is 10.2. The molecule has 0 heterocycles. The molecule has 3 nitrogen and oxygen atoms in total. The summed E-state index contributed by atoms with van der Waals surface area (Å²) in [5.41, 5.74) is 3.64. The van der Waals surface area contributed by atoms with E-state index >= 15 is 0 Å². The standard InChI is InChI=1S/C21H19NO2/c1-15-12-16(2)14-18(13-15)22-21(23)17-8-10-20(11-9-17)24-19-6-4-3-5-7-19/h3-14H,1-2H3,(H,22,23). The second-order valence-corrected chi connectivity index (χ2v) is 5.77. The molecule has 3 heteroatoms. The zero-order valence-electron chi connectivity index (χ0n) is 13.7. The number of amides is 1. The Balaban J connectivity index is 1.69. The average Bonchev–Trinajstić information content (AvgIpc) is 2.55. The van der Waals surface area contributed by atoms with Crippen LogP contribution in [0.2, 0.25) is 0 Å². The van der Waals surface area contributed by atoms with Crippen molar-refractivity contribution in [1.82, 2.24) is 0 Å². The van der Waals surface area contributed by atoms with Crippen molar-refractivity contribution < 1.29 is 9.53 Å². The van der Waals surface area contributed by atoms with E-state index in [1.54, 1.807) is 24.3 Å². The van der Waals surface area contributed by atoms with Gasteiger partial charge < -0.3 is 10.1 Å². The molecule has 1 N–H and O–H groups in total. The second kappa shape index (κ2) is 7.01. The molecule has 3 aromatic rings. The number of para-hydroxylation sites is 1. The molecule has 0 saturated heterocycles. The minimum atomic E-state index is -0.133. The van der Waals surface area contributed by atoms with Gasteiger partial charge in [-0.2, -0.15) is 0 Å². The first-order valence-electron chi connectivity index (χ1n) is 7.83. The van der Waals surface area contributed by atoms with Crippen molar-refractivity contribution in [1.29, 1.82) is 0 Å². The highest BCUT2D eigenvalue weighted by atomic mass is 16.5. The Bertz CT molecular complexity index is 819. The number of hydrogen-bond donors (Lipinski definition) is 1. The van der Waals surface area contributed by atoms with E-state index in [1.807, 2.05) is 56.3 Å². The topological polar surface area (TPSA) is 38.3 Å². The van der Waals surface area contributed by atoms with Crippen LogP contribution in [-0.2, 0) is 0 Å². The minimum absolute atomic E-state index is 0.133. The van der Waals surface area contributed by atoms with Crippen LogP contribution in [0.4, 0.5) is 5.69 Å². The number of aryl methyl sites for hydroxylation is 2. The van der Waals surface area contributed by atoms with E-state index in [0.717, 1.165) is 22.6 Å². The molecule has 0 atom stereocenters. The summed E-state index contributed by atoms with van der Waals surface area (Å²) in [6.07, 6.45) is 0. The average molecular weight is 317 g/mol. The maximum Gasteiger partial charge on any atom is 0.255 e. The number of nitrogens with one attached hydrogen (secondary N) is 1. The summed E-state index contributed by atoms with van der Waals surface area (Å²) in [6, 6.07) is 22.6. The molecule has 0 fully saturated rings. The maximum atomic E-state index is 12.4. The van der Waals surface area contributed by atoms with Crippen molar-refractivity contribution in [3.63, 3.8) is 0 Å². The highest BCUT2D eigenvalue weighted by Gasteiger charge is 2.07. The molecule has 0 aliphatic rings. The van der Waals surface area contributed by atoms with Gasteiger partial charge in [-0.05, 0) is 73.5 Å². The lowest BCUT2D eigenvalue weighted by Gasteiger charge is -2.09. The van der Waals surface area contributed by atoms with E-state index in [2.05, 4.69) is 11.4 Å². The number of benzene rings is 3. The van der Waals surface area contributed by atoms with Crippen molar-refractivity contribution >= 4 is 11.6 Å². The molecular formula is C21H19NO2. The zero-order chi connectivity index (χ0) is 16.9. The third-order valence-electron chi connectivity index (χ3n) is 3.57. The fourth-order valence-corrected chi connectivity index (χ4v) is 2.55. The number of carbonyl (C=O) groups is 1. The largest absolute Gasteiger partial charge is 0.457 e. The zero-order valence-corrected chi connectivity index (χ0v) is 13.7. The number of rotatable bonds is 4. The van der Waals surface area contributed by atoms with Gasteiger partial charge in [0.05, 0.1) is 0 Å². The molecular weight excluding hydrogens is 298 g/mol. The van der Waals surface area contributed by atoms with E-state index < -0.39 is 0 Å². The van der Waals surface area contributed by atoms with Crippen LogP contribution in [0.3, 0.4) is 0 Å². The molecule has 0 aromatic heterocycles. The van der Waals surface area contributed by atoms with Crippen molar-refractivity contribution in [2.75, 3.05) is 5.32 Å². The van der Waals surface area contributed by atoms with Crippen molar-refractivity contribution in [2.45, 2.75) is 13.8 Å². The van der Waals surface area contributed by atoms with Gasteiger partial charge in [0, 0.05) is 11.3 Å². The summed E-state index contributed by atoms with van der Waals surface area (Å²) in [7, 11) is 0. The number of carbonyl (C=O) groups excluding carboxylic acids is 1. The Labute approximate surface area is 141 Å². The summed E-state index contributed by atoms with van der Waals surface area (Å²) in [4.78, 5) is 12.4. The predicted octanol–water partition coefficient (Wildman–Crippen LogP) is 5.35. The first-order chi connectivity index (χ1) is 11.6. The molecule has 0 aliphatic carbocycles. The van der Waals surface area contributed by atoms with Crippen LogP contribution >= 0.6 is 0 Å². The Morgan fingerprint density at radius 1 is 0.792 bits per heavy atom. The highest BCUT2D eigenvalue weighted by Crippen LogP contribution is 2.22. The van der Waals surface area contributed by atoms with Gasteiger partial charge in [-0.25, -0.2) is 0 Å². The van der Waals surface area contributed by atoms with Gasteiger partial charge in [0.15, 0.2) is 0 Å². The van der Waals surface area contributed by atoms with Gasteiger partial charge in [0.2, 0.25) is 0 Å². The summed E-state index contributed by atoms with van der Waals surface area (Å²) in [6.45, 7) is 4.02. The summed E-state index contributed by atoms with van der Waals surface area (Å²) in [5.74, 6) is 1.33. The lowest BCUT2D eigenvalue weighted by atomic mass is 10.1. The van der Waals surface area contributed by atoms with Crippen LogP contribution in [0.15, 0.2) is 72.8 Å². The molecule has 120 valence electrons. The van der Waals surface area contributed by atoms with E-state index in [4.69, 9.17) is 4.74 Å². The smallest absolute Gasteiger partial charge is 0.255 e. The van der Waals surface area contributed by atoms with Gasteiger partial charge in [0.1, 0.15) is 11.5 Å². The molecule has 24 heavy (non-hydrogen) atoms. The van der Waals surface area contributed by atoms with E-state index in [9.17, 15) is 4.79 Å². The van der Waals surface area contributed by atoms with Crippen LogP contribution in [0.25, 0.3) is 0 Å². The van der Waals surface area contributed by atoms with Crippen molar-refractivity contribution in [3.05, 3.63) is 89.5 Å². The Morgan fingerprint density at radius 3 is 2.00 bits per heavy atom. The highest BCUT2D eigenvalue weighted by molar-refractivity contribution is 6.04. The summed E-state index contributed by atoms with van der Waals surface area (Å²) in [5, 5.41) is 2.93. The van der Waals surface area contributed by atoms with Gasteiger partial charge >= 0.3 is 0 Å². The maximum absolute atomic E-state index is 12.4. The lowest BCUT2D eigenvalue weighted by Crippen LogP contribution is -2.11. The van der Waals surface area contributed by atoms with Crippen molar-refractivity contribution in [2.24, 2.45) is 0 Å². The Morgan fingerprint density at radius 2 is 1.38 bits per heavy atom. The van der Waals surface area contributed by atoms with Crippen molar-refractivity contribution in [3.8, 4) is 11.5 Å². The molecule has 0 spiro atoms. The Kier molecular flexibility index (Phi) is 4.62. The first-order valence-corrected chi connectivity index (χ1v) is 7.83. The van der Waals surface area contributed by atoms with Crippen LogP contribution in [-0.4, -0.2) is 5.91 Å². The monoisotopic (exact) mass is 317 g/mol. The van der Waals surface area contributed by atoms with E-state index in [1.165, 1.54) is 0 Å². The molecule has 1 amide bonds. The first kappa shape index (κ1) is 15.8. The third-order valence-corrected chi connectivity index (χ3v) is 3.57. The minimum Gasteiger partial charge on any atom is -0.457 e. The molecule has 0 unspecified atom stereocenters. The quantitative estimate of drug-likeness (QED) is 0.704. The van der Waals surface area contributed by atoms with Crippen LogP contribution in [0.1, 0.15) is 21.5 Å². The fourth-order valence-electron chi connectivity index (χ4n) is 2.55. The Hall–Kier alpha value is -3.07. The van der Waals surface area contributed by atoms with Gasteiger partial charge in [-0.15, -0.1) is 0 Å². The SMILES string of the molecule is Cc1cc(C)cc(NC(=O)c2ccc(Oc3ccccc3)cc2)c1. The second-order valence-electron chi connectivity index (χ2n) is 5.77.